The lowest BCUT2D eigenvalue weighted by Crippen LogP contribution is -2.23. The zero-order chi connectivity index (χ0) is 28.9. The molecule has 0 spiro atoms. The Labute approximate surface area is 250 Å². The van der Waals surface area contributed by atoms with Gasteiger partial charge in [0.25, 0.3) is 0 Å². The Bertz CT molecular complexity index is 2140. The Morgan fingerprint density at radius 2 is 1.47 bits per heavy atom. The van der Waals surface area contributed by atoms with Crippen molar-refractivity contribution < 1.29 is 4.74 Å². The van der Waals surface area contributed by atoms with Gasteiger partial charge in [0.2, 0.25) is 5.88 Å². The van der Waals surface area contributed by atoms with Crippen LogP contribution in [0.3, 0.4) is 0 Å². The summed E-state index contributed by atoms with van der Waals surface area (Å²) in [5, 5.41) is 2.32. The molecule has 1 aliphatic rings. The van der Waals surface area contributed by atoms with Crippen molar-refractivity contribution in [2.45, 2.75) is 6.92 Å². The van der Waals surface area contributed by atoms with Gasteiger partial charge in [-0.25, -0.2) is 9.97 Å². The molecule has 3 aromatic heterocycles. The number of benzene rings is 4. The average molecular weight is 560 g/mol. The van der Waals surface area contributed by atoms with E-state index in [0.717, 1.165) is 51.5 Å². The van der Waals surface area contributed by atoms with Crippen molar-refractivity contribution in [2.24, 2.45) is 0 Å². The third-order valence-electron chi connectivity index (χ3n) is 8.25. The van der Waals surface area contributed by atoms with Crippen molar-refractivity contribution in [1.29, 1.82) is 0 Å². The van der Waals surface area contributed by atoms with Gasteiger partial charge in [-0.05, 0) is 60.5 Å². The minimum atomic E-state index is 0.549. The Kier molecular flexibility index (Phi) is 5.86. The van der Waals surface area contributed by atoms with Gasteiger partial charge >= 0.3 is 0 Å². The highest BCUT2D eigenvalue weighted by molar-refractivity contribution is 6.09. The maximum absolute atomic E-state index is 6.40. The lowest BCUT2D eigenvalue weighted by Gasteiger charge is -2.20. The molecule has 0 saturated heterocycles. The Hall–Kier alpha value is -5.62. The highest BCUT2D eigenvalue weighted by Crippen LogP contribution is 2.41. The molecule has 7 aromatic rings. The first-order valence-corrected chi connectivity index (χ1v) is 14.4. The predicted molar refractivity (Wildman–Crippen MR) is 175 cm³/mol. The summed E-state index contributed by atoms with van der Waals surface area (Å²) in [4.78, 5) is 14.0. The van der Waals surface area contributed by atoms with Gasteiger partial charge in [0, 0.05) is 53.6 Å². The van der Waals surface area contributed by atoms with Crippen LogP contribution in [0.25, 0.3) is 38.8 Å². The number of hydrogen-bond acceptors (Lipinski definition) is 5. The van der Waals surface area contributed by atoms with Crippen LogP contribution >= 0.6 is 0 Å². The zero-order valence-electron chi connectivity index (χ0n) is 24.0. The average Bonchev–Trinajstić information content (AvgIpc) is 3.56. The van der Waals surface area contributed by atoms with Crippen LogP contribution in [-0.4, -0.2) is 28.3 Å². The maximum atomic E-state index is 6.40. The van der Waals surface area contributed by atoms with Crippen LogP contribution in [-0.2, 0) is 0 Å². The molecule has 0 unspecified atom stereocenters. The molecule has 0 fully saturated rings. The molecule has 0 amide bonds. The first-order chi connectivity index (χ1) is 21.1. The van der Waals surface area contributed by atoms with Gasteiger partial charge < -0.3 is 14.5 Å². The molecule has 6 heteroatoms. The topological polar surface area (TPSA) is 46.4 Å². The van der Waals surface area contributed by atoms with Crippen molar-refractivity contribution in [3.8, 4) is 28.6 Å². The van der Waals surface area contributed by atoms with Gasteiger partial charge in [-0.15, -0.1) is 0 Å². The molecule has 1 aliphatic heterocycles. The molecule has 0 atom stereocenters. The molecular formula is C37H29N5O. The summed E-state index contributed by atoms with van der Waals surface area (Å²) in [6, 6.07) is 39.7. The Balaban J connectivity index is 1.19. The number of hydrogen-bond donors (Lipinski definition) is 0. The number of aromatic nitrogens is 3. The van der Waals surface area contributed by atoms with Crippen LogP contribution in [0, 0.1) is 6.92 Å². The van der Waals surface area contributed by atoms with Gasteiger partial charge in [0.1, 0.15) is 11.6 Å². The Morgan fingerprint density at radius 1 is 0.698 bits per heavy atom. The molecule has 0 bridgehead atoms. The van der Waals surface area contributed by atoms with Crippen LogP contribution in [0.15, 0.2) is 128 Å². The van der Waals surface area contributed by atoms with Gasteiger partial charge in [0.15, 0.2) is 0 Å². The van der Waals surface area contributed by atoms with E-state index in [1.54, 1.807) is 0 Å². The van der Waals surface area contributed by atoms with Crippen LogP contribution in [0.2, 0.25) is 0 Å². The summed E-state index contributed by atoms with van der Waals surface area (Å²) in [5.41, 5.74) is 9.02. The molecule has 208 valence electrons. The smallest absolute Gasteiger partial charge is 0.221 e. The summed E-state index contributed by atoms with van der Waals surface area (Å²) in [7, 11) is 2.11. The molecule has 0 N–H and O–H groups in total. The van der Waals surface area contributed by atoms with E-state index in [-0.39, 0.29) is 0 Å². The fraction of sp³-hybridized carbons (Fsp3) is 0.0811. The lowest BCUT2D eigenvalue weighted by atomic mass is 10.0. The minimum Gasteiger partial charge on any atom is -0.439 e. The van der Waals surface area contributed by atoms with E-state index < -0.39 is 0 Å². The van der Waals surface area contributed by atoms with Crippen LogP contribution < -0.4 is 14.5 Å². The number of rotatable bonds is 5. The van der Waals surface area contributed by atoms with Gasteiger partial charge in [-0.2, -0.15) is 0 Å². The molecule has 0 radical (unpaired) electrons. The lowest BCUT2D eigenvalue weighted by molar-refractivity contribution is 0.463. The van der Waals surface area contributed by atoms with E-state index in [0.29, 0.717) is 5.88 Å². The predicted octanol–water partition coefficient (Wildman–Crippen LogP) is 8.89. The monoisotopic (exact) mass is 559 g/mol. The van der Waals surface area contributed by atoms with Crippen molar-refractivity contribution in [1.82, 2.24) is 14.5 Å². The first-order valence-electron chi connectivity index (χ1n) is 14.4. The van der Waals surface area contributed by atoms with E-state index in [1.165, 1.54) is 22.3 Å². The normalized spacial score (nSPS) is 12.7. The number of pyridine rings is 2. The number of fused-ring (bicyclic) bond motifs is 4. The Morgan fingerprint density at radius 3 is 2.33 bits per heavy atom. The van der Waals surface area contributed by atoms with Crippen molar-refractivity contribution in [3.63, 3.8) is 0 Å². The highest BCUT2D eigenvalue weighted by Gasteiger charge is 2.24. The van der Waals surface area contributed by atoms with E-state index >= 15 is 0 Å². The molecule has 0 saturated carbocycles. The van der Waals surface area contributed by atoms with E-state index in [1.807, 2.05) is 36.7 Å². The third-order valence-corrected chi connectivity index (χ3v) is 8.25. The van der Waals surface area contributed by atoms with E-state index in [2.05, 4.69) is 124 Å². The third kappa shape index (κ3) is 4.27. The summed E-state index contributed by atoms with van der Waals surface area (Å²) in [6.07, 6.45) is 3.78. The SMILES string of the molecule is Cc1cc(-n2c3ccccc3c3ccc(Oc4cc(N5CN(C)c6ccccc65)ccn4)cc32)ncc1-c1ccccc1. The van der Waals surface area contributed by atoms with Crippen LogP contribution in [0.5, 0.6) is 11.6 Å². The summed E-state index contributed by atoms with van der Waals surface area (Å²) < 4.78 is 8.63. The quantitative estimate of drug-likeness (QED) is 0.211. The van der Waals surface area contributed by atoms with Gasteiger partial charge in [0.05, 0.1) is 29.1 Å². The van der Waals surface area contributed by atoms with Crippen LogP contribution in [0.1, 0.15) is 5.56 Å². The minimum absolute atomic E-state index is 0.549. The number of anilines is 3. The fourth-order valence-electron chi connectivity index (χ4n) is 6.19. The van der Waals surface area contributed by atoms with Crippen molar-refractivity contribution in [2.75, 3.05) is 23.5 Å². The number of nitrogens with zero attached hydrogens (tertiary/aromatic N) is 5. The molecule has 43 heavy (non-hydrogen) atoms. The molecule has 6 nitrogen and oxygen atoms in total. The fourth-order valence-corrected chi connectivity index (χ4v) is 6.19. The van der Waals surface area contributed by atoms with E-state index in [9.17, 15) is 0 Å². The second kappa shape index (κ2) is 10.0. The van der Waals surface area contributed by atoms with Gasteiger partial charge in [-0.1, -0.05) is 60.7 Å². The molecule has 4 aromatic carbocycles. The maximum Gasteiger partial charge on any atom is 0.221 e. The highest BCUT2D eigenvalue weighted by atomic mass is 16.5. The second-order valence-corrected chi connectivity index (χ2v) is 11.0. The van der Waals surface area contributed by atoms with E-state index in [4.69, 9.17) is 9.72 Å². The van der Waals surface area contributed by atoms with Crippen molar-refractivity contribution >= 4 is 38.9 Å². The first kappa shape index (κ1) is 25.1. The van der Waals surface area contributed by atoms with Crippen LogP contribution in [0.4, 0.5) is 17.1 Å². The largest absolute Gasteiger partial charge is 0.439 e. The molecular weight excluding hydrogens is 530 g/mol. The summed E-state index contributed by atoms with van der Waals surface area (Å²) in [5.74, 6) is 2.14. The summed E-state index contributed by atoms with van der Waals surface area (Å²) in [6.45, 7) is 2.91. The zero-order valence-corrected chi connectivity index (χ0v) is 24.0. The van der Waals surface area contributed by atoms with Crippen molar-refractivity contribution in [3.05, 3.63) is 133 Å². The number of ether oxygens (including phenoxy) is 1. The summed E-state index contributed by atoms with van der Waals surface area (Å²) >= 11 is 0. The number of aryl methyl sites for hydroxylation is 1. The standard InChI is InChI=1S/C37H29N5O/c1-25-20-36(39-23-31(25)26-10-4-3-5-11-26)42-32-13-7-6-12-29(32)30-17-16-28(22-35(30)42)43-37-21-27(18-19-38-37)41-24-40(2)33-14-8-9-15-34(33)41/h3-23H,24H2,1-2H3. The molecule has 0 aliphatic carbocycles. The van der Waals surface area contributed by atoms with Gasteiger partial charge in [-0.3, -0.25) is 4.57 Å². The molecule has 4 heterocycles. The number of para-hydroxylation sites is 3. The molecule has 8 rings (SSSR count). The second-order valence-electron chi connectivity index (χ2n) is 11.0.